The van der Waals surface area contributed by atoms with Crippen LogP contribution in [0.25, 0.3) is 44.7 Å². The van der Waals surface area contributed by atoms with Crippen molar-refractivity contribution in [1.82, 2.24) is 44.9 Å². The van der Waals surface area contributed by atoms with E-state index >= 15 is 4.39 Å². The number of benzene rings is 3. The highest BCUT2D eigenvalue weighted by Gasteiger charge is 2.40. The fraction of sp³-hybridized carbons (Fsp3) is 0.400. The molecule has 0 saturated carbocycles. The quantitative estimate of drug-likeness (QED) is 0.0927. The molecule has 6 aromatic rings. The van der Waals surface area contributed by atoms with Gasteiger partial charge in [0.25, 0.3) is 0 Å². The van der Waals surface area contributed by atoms with E-state index in [0.717, 1.165) is 51.8 Å². The molecule has 3 aliphatic heterocycles. The van der Waals surface area contributed by atoms with Crippen molar-refractivity contribution in [1.29, 1.82) is 0 Å². The number of aromatic amines is 2. The summed E-state index contributed by atoms with van der Waals surface area (Å²) in [6.07, 6.45) is 4.26. The lowest BCUT2D eigenvalue weighted by Gasteiger charge is -2.31. The van der Waals surface area contributed by atoms with Crippen molar-refractivity contribution in [2.75, 3.05) is 34.4 Å². The number of nitrogens with zero attached hydrogens (tertiary/aromatic N) is 5. The van der Waals surface area contributed by atoms with Gasteiger partial charge in [0.05, 0.1) is 74.0 Å². The van der Waals surface area contributed by atoms with Gasteiger partial charge in [0.15, 0.2) is 0 Å². The standard InChI is InChI=1S/C50H56FN9O8/c1-26(2)42(56-49(63)66-6)46(61)58-18-8-10-38(58)44-52-24-35(54-44)28-13-17-37-30(20-28)21-40-32-15-12-29(22-41(32)68-48(60(37)40)33-23-31(65-5)14-16-34(33)51)36-25-53-45(55-36)39-11-9-19-59(39)47(62)43(27(3)4)57-50(64)67-7/h12-17,20-27,38-39,42-43,48H,8-11,18-19H2,1-7H3,(H,52,54)(H,53,55)(H,56,63)(H,57,64)/t38-,39-,42-,43-,48?/m0/s1. The van der Waals surface area contributed by atoms with Crippen LogP contribution in [-0.2, 0) is 19.1 Å². The molecule has 3 aromatic carbocycles. The highest BCUT2D eigenvalue weighted by molar-refractivity contribution is 5.93. The minimum Gasteiger partial charge on any atom is -0.497 e. The molecule has 9 rings (SSSR count). The minimum absolute atomic E-state index is 0.157. The lowest BCUT2D eigenvalue weighted by molar-refractivity contribution is -0.136. The van der Waals surface area contributed by atoms with Crippen LogP contribution < -0.4 is 20.1 Å². The number of ether oxygens (including phenoxy) is 4. The molecular formula is C50H56FN9O8. The number of rotatable bonds is 12. The Balaban J connectivity index is 1.03. The zero-order chi connectivity index (χ0) is 48.0. The molecule has 0 spiro atoms. The number of hydrogen-bond acceptors (Lipinski definition) is 10. The second kappa shape index (κ2) is 18.7. The number of alkyl carbamates (subject to hydrolysis) is 2. The fourth-order valence-corrected chi connectivity index (χ4v) is 9.77. The summed E-state index contributed by atoms with van der Waals surface area (Å²) in [7, 11) is 4.08. The minimum atomic E-state index is -0.915. The van der Waals surface area contributed by atoms with E-state index in [9.17, 15) is 19.2 Å². The molecule has 5 atom stereocenters. The predicted molar refractivity (Wildman–Crippen MR) is 250 cm³/mol. The number of nitrogens with one attached hydrogen (secondary N) is 4. The van der Waals surface area contributed by atoms with Crippen LogP contribution in [0.1, 0.15) is 88.9 Å². The van der Waals surface area contributed by atoms with Crippen molar-refractivity contribution in [3.8, 4) is 45.3 Å². The molecule has 4 amide bonds. The lowest BCUT2D eigenvalue weighted by Crippen LogP contribution is -2.51. The van der Waals surface area contributed by atoms with Crippen LogP contribution in [0.15, 0.2) is 73.1 Å². The summed E-state index contributed by atoms with van der Waals surface area (Å²) in [5.74, 6) is 1.13. The van der Waals surface area contributed by atoms with Gasteiger partial charge in [-0.1, -0.05) is 39.8 Å². The molecule has 356 valence electrons. The number of fused-ring (bicyclic) bond motifs is 5. The summed E-state index contributed by atoms with van der Waals surface area (Å²) >= 11 is 0. The number of carbonyl (C=O) groups excluding carboxylic acids is 4. The highest BCUT2D eigenvalue weighted by Crippen LogP contribution is 2.47. The second-order valence-corrected chi connectivity index (χ2v) is 18.2. The number of amides is 4. The zero-order valence-corrected chi connectivity index (χ0v) is 39.1. The number of aromatic nitrogens is 5. The van der Waals surface area contributed by atoms with Gasteiger partial charge in [-0.05, 0) is 86.1 Å². The van der Waals surface area contributed by atoms with Crippen LogP contribution >= 0.6 is 0 Å². The summed E-state index contributed by atoms with van der Waals surface area (Å²) in [4.78, 5) is 71.8. The summed E-state index contributed by atoms with van der Waals surface area (Å²) < 4.78 is 39.9. The van der Waals surface area contributed by atoms with Gasteiger partial charge < -0.3 is 53.9 Å². The summed E-state index contributed by atoms with van der Waals surface area (Å²) in [5.41, 5.74) is 5.82. The number of carbonyl (C=O) groups is 4. The fourth-order valence-electron chi connectivity index (χ4n) is 9.77. The van der Waals surface area contributed by atoms with E-state index in [0.29, 0.717) is 54.8 Å². The molecule has 6 heterocycles. The molecule has 4 N–H and O–H groups in total. The van der Waals surface area contributed by atoms with Gasteiger partial charge in [0.2, 0.25) is 18.0 Å². The monoisotopic (exact) mass is 929 g/mol. The Kier molecular flexibility index (Phi) is 12.6. The van der Waals surface area contributed by atoms with Gasteiger partial charge in [0.1, 0.15) is 41.0 Å². The maximum absolute atomic E-state index is 16.0. The van der Waals surface area contributed by atoms with Gasteiger partial charge in [0, 0.05) is 35.2 Å². The topological polar surface area (TPSA) is 198 Å². The lowest BCUT2D eigenvalue weighted by atomic mass is 10.0. The van der Waals surface area contributed by atoms with Crippen LogP contribution in [0.4, 0.5) is 14.0 Å². The maximum atomic E-state index is 16.0. The van der Waals surface area contributed by atoms with Crippen LogP contribution in [0, 0.1) is 17.7 Å². The van der Waals surface area contributed by atoms with Crippen molar-refractivity contribution < 1.29 is 42.5 Å². The molecule has 18 heteroatoms. The second-order valence-electron chi connectivity index (χ2n) is 18.2. The molecule has 2 fully saturated rings. The summed E-state index contributed by atoms with van der Waals surface area (Å²) in [6.45, 7) is 8.58. The number of hydrogen-bond donors (Lipinski definition) is 4. The van der Waals surface area contributed by atoms with Crippen LogP contribution in [0.5, 0.6) is 11.5 Å². The van der Waals surface area contributed by atoms with E-state index in [1.807, 2.05) is 62.6 Å². The first kappa shape index (κ1) is 45.8. The van der Waals surface area contributed by atoms with Crippen LogP contribution in [0.2, 0.25) is 0 Å². The number of imidazole rings is 2. The van der Waals surface area contributed by atoms with E-state index < -0.39 is 36.3 Å². The van der Waals surface area contributed by atoms with Crippen molar-refractivity contribution in [2.45, 2.75) is 83.8 Å². The van der Waals surface area contributed by atoms with Gasteiger partial charge in [-0.15, -0.1) is 0 Å². The first-order valence-corrected chi connectivity index (χ1v) is 23.0. The van der Waals surface area contributed by atoms with Crippen molar-refractivity contribution in [2.24, 2.45) is 11.8 Å². The Labute approximate surface area is 392 Å². The normalized spacial score (nSPS) is 18.5. The largest absolute Gasteiger partial charge is 0.497 e. The van der Waals surface area contributed by atoms with Gasteiger partial charge >= 0.3 is 12.2 Å². The summed E-state index contributed by atoms with van der Waals surface area (Å²) in [6, 6.07) is 16.4. The van der Waals surface area contributed by atoms with Crippen molar-refractivity contribution in [3.05, 3.63) is 96.1 Å². The molecule has 0 aliphatic carbocycles. The Morgan fingerprint density at radius 3 is 1.84 bits per heavy atom. The molecule has 1 unspecified atom stereocenters. The molecule has 3 aliphatic rings. The van der Waals surface area contributed by atoms with Crippen molar-refractivity contribution >= 4 is 34.9 Å². The van der Waals surface area contributed by atoms with Crippen molar-refractivity contribution in [3.63, 3.8) is 0 Å². The molecule has 0 radical (unpaired) electrons. The highest BCUT2D eigenvalue weighted by atomic mass is 19.1. The third kappa shape index (κ3) is 8.47. The average Bonchev–Trinajstić information content (AvgIpc) is 4.20. The zero-order valence-electron chi connectivity index (χ0n) is 39.1. The Bertz CT molecular complexity index is 2890. The average molecular weight is 930 g/mol. The molecule has 2 saturated heterocycles. The Morgan fingerprint density at radius 2 is 1.29 bits per heavy atom. The molecule has 68 heavy (non-hydrogen) atoms. The first-order valence-electron chi connectivity index (χ1n) is 23.0. The van der Waals surface area contributed by atoms with Gasteiger partial charge in [-0.2, -0.15) is 0 Å². The smallest absolute Gasteiger partial charge is 0.407 e. The third-order valence-corrected chi connectivity index (χ3v) is 13.3. The van der Waals surface area contributed by atoms with Gasteiger partial charge in [-0.25, -0.2) is 23.9 Å². The van der Waals surface area contributed by atoms with E-state index in [4.69, 9.17) is 28.9 Å². The van der Waals surface area contributed by atoms with E-state index in [-0.39, 0.29) is 41.3 Å². The van der Waals surface area contributed by atoms with Crippen LogP contribution in [0.3, 0.4) is 0 Å². The first-order chi connectivity index (χ1) is 32.8. The Hall–Kier alpha value is -7.37. The van der Waals surface area contributed by atoms with E-state index in [1.54, 1.807) is 34.3 Å². The molecule has 17 nitrogen and oxygen atoms in total. The molecule has 0 bridgehead atoms. The number of halogens is 1. The van der Waals surface area contributed by atoms with E-state index in [1.165, 1.54) is 27.4 Å². The SMILES string of the molecule is COC(=O)N[C@H](C(=O)N1CCC[C@H]1c1ncc(-c2ccc3c(c2)OC(c2cc(OC)ccc2F)n2c-3cc3cc(-c4cnc([C@@H]5CCCN5C(=O)[C@@H](NC(=O)OC)C(C)C)[nH]4)ccc32)[nH]1)C(C)C. The van der Waals surface area contributed by atoms with Gasteiger partial charge in [-0.3, -0.25) is 9.59 Å². The Morgan fingerprint density at radius 1 is 0.735 bits per heavy atom. The number of likely N-dealkylation sites (tertiary alicyclic amines) is 2. The maximum Gasteiger partial charge on any atom is 0.407 e. The predicted octanol–water partition coefficient (Wildman–Crippen LogP) is 8.26. The molecule has 3 aromatic heterocycles. The third-order valence-electron chi connectivity index (χ3n) is 13.3. The summed E-state index contributed by atoms with van der Waals surface area (Å²) in [5, 5.41) is 6.27. The number of methoxy groups -OCH3 is 3. The van der Waals surface area contributed by atoms with Crippen LogP contribution in [-0.4, -0.2) is 105 Å². The van der Waals surface area contributed by atoms with E-state index in [2.05, 4.69) is 32.7 Å². The number of H-pyrrole nitrogens is 2. The molecular weight excluding hydrogens is 874 g/mol.